The second-order valence-corrected chi connectivity index (χ2v) is 7.28. The third kappa shape index (κ3) is 4.93. The second-order valence-electron chi connectivity index (χ2n) is 5.90. The molecule has 0 bridgehead atoms. The lowest BCUT2D eigenvalue weighted by Crippen LogP contribution is -2.42. The summed E-state index contributed by atoms with van der Waals surface area (Å²) >= 11 is 7.33. The van der Waals surface area contributed by atoms with E-state index in [-0.39, 0.29) is 18.4 Å². The number of nitrogens with two attached hydrogens (primary N) is 1. The molecule has 1 fully saturated rings. The first-order valence-corrected chi connectivity index (χ1v) is 9.21. The van der Waals surface area contributed by atoms with E-state index in [4.69, 9.17) is 22.1 Å². The number of ether oxygens (including phenoxy) is 1. The molecular weight excluding hydrogens is 346 g/mol. The number of nitrogens with zero attached hydrogens (tertiary/aromatic N) is 1. The molecule has 1 aliphatic rings. The average Bonchev–Trinajstić information content (AvgIpc) is 3.33. The molecule has 0 radical (unpaired) electrons. The van der Waals surface area contributed by atoms with E-state index in [0.29, 0.717) is 24.1 Å². The Bertz CT molecular complexity index is 685. The summed E-state index contributed by atoms with van der Waals surface area (Å²) in [4.78, 5) is 16.5. The van der Waals surface area contributed by atoms with Gasteiger partial charge in [0.1, 0.15) is 17.4 Å². The number of thiazole rings is 1. The highest BCUT2D eigenvalue weighted by Gasteiger charge is 2.31. The largest absolute Gasteiger partial charge is 0.486 e. The molecule has 1 unspecified atom stereocenters. The zero-order valence-corrected chi connectivity index (χ0v) is 14.8. The third-order valence-corrected chi connectivity index (χ3v) is 5.03. The van der Waals surface area contributed by atoms with Crippen LogP contribution >= 0.6 is 22.9 Å². The smallest absolute Gasteiger partial charge is 0.226 e. The summed E-state index contributed by atoms with van der Waals surface area (Å²) in [5, 5.41) is 6.42. The summed E-state index contributed by atoms with van der Waals surface area (Å²) < 4.78 is 5.66. The van der Waals surface area contributed by atoms with Gasteiger partial charge in [-0.05, 0) is 43.0 Å². The lowest BCUT2D eigenvalue weighted by atomic mass is 10.2. The van der Waals surface area contributed by atoms with Crippen LogP contribution < -0.4 is 15.8 Å². The number of hydrogen-bond donors (Lipinski definition) is 2. The molecule has 24 heavy (non-hydrogen) atoms. The molecule has 7 heteroatoms. The van der Waals surface area contributed by atoms with E-state index in [9.17, 15) is 4.79 Å². The van der Waals surface area contributed by atoms with Crippen LogP contribution in [-0.4, -0.2) is 23.5 Å². The molecule has 128 valence electrons. The normalized spacial score (nSPS) is 15.1. The fourth-order valence-corrected chi connectivity index (χ4v) is 3.29. The highest BCUT2D eigenvalue weighted by molar-refractivity contribution is 7.09. The number of rotatable bonds is 8. The van der Waals surface area contributed by atoms with Gasteiger partial charge in [0, 0.05) is 23.0 Å². The van der Waals surface area contributed by atoms with E-state index >= 15 is 0 Å². The SMILES string of the molecule is NCC(NC(=O)Cc1csc(COc2ccc(Cl)cc2)n1)C1CC1. The van der Waals surface area contributed by atoms with Crippen molar-refractivity contribution in [2.75, 3.05) is 6.54 Å². The molecule has 1 aromatic carbocycles. The maximum atomic E-state index is 12.1. The van der Waals surface area contributed by atoms with Crippen LogP contribution in [0.25, 0.3) is 0 Å². The molecule has 0 aliphatic heterocycles. The molecule has 0 spiro atoms. The first-order valence-electron chi connectivity index (χ1n) is 7.95. The van der Waals surface area contributed by atoms with Gasteiger partial charge in [0.25, 0.3) is 0 Å². The zero-order valence-electron chi connectivity index (χ0n) is 13.2. The molecule has 5 nitrogen and oxygen atoms in total. The standard InChI is InChI=1S/C17H20ClN3O2S/c18-12-3-5-14(6-4-12)23-9-17-20-13(10-24-17)7-16(22)21-15(8-19)11-1-2-11/h3-6,10-11,15H,1-2,7-9,19H2,(H,21,22). The van der Waals surface area contributed by atoms with Crippen molar-refractivity contribution in [1.82, 2.24) is 10.3 Å². The summed E-state index contributed by atoms with van der Waals surface area (Å²) in [6.45, 7) is 0.870. The Morgan fingerprint density at radius 1 is 1.42 bits per heavy atom. The van der Waals surface area contributed by atoms with Crippen molar-refractivity contribution in [3.8, 4) is 5.75 Å². The number of carbonyl (C=O) groups is 1. The number of aromatic nitrogens is 1. The summed E-state index contributed by atoms with van der Waals surface area (Å²) in [6.07, 6.45) is 2.59. The van der Waals surface area contributed by atoms with Crippen molar-refractivity contribution >= 4 is 28.8 Å². The van der Waals surface area contributed by atoms with E-state index in [0.717, 1.165) is 29.3 Å². The molecule has 3 N–H and O–H groups in total. The van der Waals surface area contributed by atoms with Gasteiger partial charge >= 0.3 is 0 Å². The van der Waals surface area contributed by atoms with Crippen molar-refractivity contribution in [1.29, 1.82) is 0 Å². The quantitative estimate of drug-likeness (QED) is 0.754. The van der Waals surface area contributed by atoms with Crippen molar-refractivity contribution in [3.05, 3.63) is 45.4 Å². The first-order chi connectivity index (χ1) is 11.6. The van der Waals surface area contributed by atoms with Crippen molar-refractivity contribution < 1.29 is 9.53 Å². The fourth-order valence-electron chi connectivity index (χ4n) is 2.46. The van der Waals surface area contributed by atoms with Crippen LogP contribution in [-0.2, 0) is 17.8 Å². The summed E-state index contributed by atoms with van der Waals surface area (Å²) in [5.41, 5.74) is 6.47. The molecule has 1 saturated carbocycles. The summed E-state index contributed by atoms with van der Waals surface area (Å²) in [5.74, 6) is 1.27. The van der Waals surface area contributed by atoms with Gasteiger partial charge in [-0.15, -0.1) is 11.3 Å². The van der Waals surface area contributed by atoms with E-state index < -0.39 is 0 Å². The van der Waals surface area contributed by atoms with Gasteiger partial charge in [-0.1, -0.05) is 11.6 Å². The minimum absolute atomic E-state index is 0.0205. The lowest BCUT2D eigenvalue weighted by molar-refractivity contribution is -0.121. The Hall–Kier alpha value is -1.63. The van der Waals surface area contributed by atoms with E-state index in [1.54, 1.807) is 12.1 Å². The molecule has 3 rings (SSSR count). The van der Waals surface area contributed by atoms with E-state index in [2.05, 4.69) is 10.3 Å². The predicted octanol–water partition coefficient (Wildman–Crippen LogP) is 2.77. The Labute approximate surface area is 150 Å². The Kier molecular flexibility index (Phi) is 5.71. The van der Waals surface area contributed by atoms with Gasteiger partial charge in [-0.25, -0.2) is 4.98 Å². The molecule has 0 saturated heterocycles. The number of benzene rings is 1. The minimum Gasteiger partial charge on any atom is -0.486 e. The van der Waals surface area contributed by atoms with Gasteiger partial charge in [0.15, 0.2) is 0 Å². The van der Waals surface area contributed by atoms with Crippen LogP contribution in [0.2, 0.25) is 5.02 Å². The van der Waals surface area contributed by atoms with Crippen LogP contribution in [0.15, 0.2) is 29.6 Å². The van der Waals surface area contributed by atoms with Crippen LogP contribution in [0, 0.1) is 5.92 Å². The fraction of sp³-hybridized carbons (Fsp3) is 0.412. The zero-order chi connectivity index (χ0) is 16.9. The second kappa shape index (κ2) is 7.96. The van der Waals surface area contributed by atoms with E-state index in [1.807, 2.05) is 17.5 Å². The number of amides is 1. The molecule has 1 aliphatic carbocycles. The Balaban J connectivity index is 1.47. The minimum atomic E-state index is -0.0205. The predicted molar refractivity (Wildman–Crippen MR) is 95.3 cm³/mol. The van der Waals surface area contributed by atoms with E-state index in [1.165, 1.54) is 11.3 Å². The van der Waals surface area contributed by atoms with Crippen LogP contribution in [0.3, 0.4) is 0 Å². The highest BCUT2D eigenvalue weighted by Crippen LogP contribution is 2.32. The van der Waals surface area contributed by atoms with Crippen LogP contribution in [0.1, 0.15) is 23.5 Å². The van der Waals surface area contributed by atoms with Gasteiger partial charge in [0.05, 0.1) is 12.1 Å². The van der Waals surface area contributed by atoms with Crippen LogP contribution in [0.4, 0.5) is 0 Å². The third-order valence-electron chi connectivity index (χ3n) is 3.91. The van der Waals surface area contributed by atoms with Gasteiger partial charge < -0.3 is 15.8 Å². The number of halogens is 1. The maximum absolute atomic E-state index is 12.1. The van der Waals surface area contributed by atoms with Crippen molar-refractivity contribution in [2.24, 2.45) is 11.7 Å². The highest BCUT2D eigenvalue weighted by atomic mass is 35.5. The summed E-state index contributed by atoms with van der Waals surface area (Å²) in [7, 11) is 0. The molecule has 1 amide bonds. The number of carbonyl (C=O) groups excluding carboxylic acids is 1. The summed E-state index contributed by atoms with van der Waals surface area (Å²) in [6, 6.07) is 7.29. The van der Waals surface area contributed by atoms with Crippen molar-refractivity contribution in [3.63, 3.8) is 0 Å². The number of nitrogens with one attached hydrogen (secondary N) is 1. The molecule has 1 heterocycles. The topological polar surface area (TPSA) is 77.2 Å². The van der Waals surface area contributed by atoms with Crippen molar-refractivity contribution in [2.45, 2.75) is 31.9 Å². The van der Waals surface area contributed by atoms with Gasteiger partial charge in [-0.3, -0.25) is 4.79 Å². The average molecular weight is 366 g/mol. The molecule has 1 atom stereocenters. The molecular formula is C17H20ClN3O2S. The Morgan fingerprint density at radius 3 is 2.83 bits per heavy atom. The Morgan fingerprint density at radius 2 is 2.17 bits per heavy atom. The van der Waals surface area contributed by atoms with Crippen LogP contribution in [0.5, 0.6) is 5.75 Å². The number of hydrogen-bond acceptors (Lipinski definition) is 5. The monoisotopic (exact) mass is 365 g/mol. The van der Waals surface area contributed by atoms with Gasteiger partial charge in [-0.2, -0.15) is 0 Å². The lowest BCUT2D eigenvalue weighted by Gasteiger charge is -2.15. The van der Waals surface area contributed by atoms with Gasteiger partial charge in [0.2, 0.25) is 5.91 Å². The maximum Gasteiger partial charge on any atom is 0.226 e. The molecule has 1 aromatic heterocycles. The first kappa shape index (κ1) is 17.2. The molecule has 2 aromatic rings.